The molecule has 2 aliphatic heterocycles. The molecule has 2 aromatic rings. The number of Topliss-reactive ketones (excluding diaryl/α,β-unsaturated/α-hetero) is 1. The second-order valence-corrected chi connectivity index (χ2v) is 8.42. The summed E-state index contributed by atoms with van der Waals surface area (Å²) in [5, 5.41) is 11.2. The Labute approximate surface area is 199 Å². The monoisotopic (exact) mass is 466 g/mol. The highest BCUT2D eigenvalue weighted by molar-refractivity contribution is 6.46. The summed E-state index contributed by atoms with van der Waals surface area (Å²) in [6, 6.07) is 11.6. The fourth-order valence-corrected chi connectivity index (χ4v) is 4.43. The molecule has 0 radical (unpaired) electrons. The number of ether oxygens (including phenoxy) is 3. The third kappa shape index (κ3) is 4.64. The van der Waals surface area contributed by atoms with Gasteiger partial charge in [-0.3, -0.25) is 14.5 Å². The highest BCUT2D eigenvalue weighted by Crippen LogP contribution is 2.43. The lowest BCUT2D eigenvalue weighted by atomic mass is 9.94. The largest absolute Gasteiger partial charge is 0.507 e. The Bertz CT molecular complexity index is 1090. The summed E-state index contributed by atoms with van der Waals surface area (Å²) in [6.07, 6.45) is 0. The summed E-state index contributed by atoms with van der Waals surface area (Å²) < 4.78 is 16.4. The number of aliphatic hydroxyl groups is 1. The lowest BCUT2D eigenvalue weighted by Crippen LogP contribution is -2.42. The summed E-state index contributed by atoms with van der Waals surface area (Å²) >= 11 is 0. The second-order valence-electron chi connectivity index (χ2n) is 8.42. The Morgan fingerprint density at radius 3 is 2.38 bits per heavy atom. The van der Waals surface area contributed by atoms with Crippen LogP contribution in [0.1, 0.15) is 22.7 Å². The van der Waals surface area contributed by atoms with E-state index in [1.807, 2.05) is 19.1 Å². The number of carbonyl (C=O) groups is 2. The van der Waals surface area contributed by atoms with E-state index in [2.05, 4.69) is 4.90 Å². The number of rotatable bonds is 7. The first-order valence-corrected chi connectivity index (χ1v) is 11.3. The first kappa shape index (κ1) is 23.8. The van der Waals surface area contributed by atoms with Crippen molar-refractivity contribution in [2.45, 2.75) is 13.0 Å². The minimum absolute atomic E-state index is 0.0439. The molecule has 2 fully saturated rings. The number of hydrogen-bond acceptors (Lipinski definition) is 7. The van der Waals surface area contributed by atoms with Crippen LogP contribution in [0.2, 0.25) is 0 Å². The van der Waals surface area contributed by atoms with Crippen LogP contribution in [0.4, 0.5) is 0 Å². The van der Waals surface area contributed by atoms with Gasteiger partial charge < -0.3 is 24.2 Å². The molecule has 1 unspecified atom stereocenters. The van der Waals surface area contributed by atoms with Crippen LogP contribution in [-0.2, 0) is 14.3 Å². The van der Waals surface area contributed by atoms with Crippen LogP contribution in [0.5, 0.6) is 11.5 Å². The van der Waals surface area contributed by atoms with Crippen LogP contribution < -0.4 is 9.47 Å². The highest BCUT2D eigenvalue weighted by Gasteiger charge is 2.47. The molecule has 8 heteroatoms. The zero-order chi connectivity index (χ0) is 24.2. The summed E-state index contributed by atoms with van der Waals surface area (Å²) in [7, 11) is 3.08. The molecule has 34 heavy (non-hydrogen) atoms. The van der Waals surface area contributed by atoms with Crippen molar-refractivity contribution in [2.75, 3.05) is 53.6 Å². The highest BCUT2D eigenvalue weighted by atomic mass is 16.5. The minimum Gasteiger partial charge on any atom is -0.507 e. The number of amides is 1. The van der Waals surface area contributed by atoms with E-state index in [0.717, 1.165) is 18.7 Å². The average molecular weight is 467 g/mol. The molecule has 0 spiro atoms. The van der Waals surface area contributed by atoms with Crippen molar-refractivity contribution in [3.05, 3.63) is 64.7 Å². The van der Waals surface area contributed by atoms with E-state index in [9.17, 15) is 14.7 Å². The second kappa shape index (κ2) is 10.3. The predicted octanol–water partition coefficient (Wildman–Crippen LogP) is 2.77. The van der Waals surface area contributed by atoms with Crippen molar-refractivity contribution in [3.63, 3.8) is 0 Å². The molecule has 1 amide bonds. The lowest BCUT2D eigenvalue weighted by Gasteiger charge is -2.31. The zero-order valence-corrected chi connectivity index (χ0v) is 19.7. The molecule has 0 aliphatic carbocycles. The molecule has 0 saturated carbocycles. The van der Waals surface area contributed by atoms with Gasteiger partial charge in [-0.2, -0.15) is 0 Å². The van der Waals surface area contributed by atoms with E-state index in [-0.39, 0.29) is 11.3 Å². The fraction of sp³-hybridized carbons (Fsp3) is 0.385. The molecule has 2 aliphatic rings. The molecule has 0 bridgehead atoms. The third-order valence-corrected chi connectivity index (χ3v) is 6.36. The maximum Gasteiger partial charge on any atom is 0.295 e. The molecule has 2 aromatic carbocycles. The predicted molar refractivity (Wildman–Crippen MR) is 127 cm³/mol. The van der Waals surface area contributed by atoms with Gasteiger partial charge in [0.25, 0.3) is 11.7 Å². The van der Waals surface area contributed by atoms with Crippen molar-refractivity contribution in [1.82, 2.24) is 9.80 Å². The van der Waals surface area contributed by atoms with Crippen LogP contribution in [0.25, 0.3) is 5.76 Å². The Kier molecular flexibility index (Phi) is 7.19. The minimum atomic E-state index is -0.813. The number of aryl methyl sites for hydroxylation is 1. The number of aliphatic hydroxyl groups excluding tert-OH is 1. The molecule has 1 N–H and O–H groups in total. The standard InChI is InChI=1S/C26H30N2O6/c1-17-4-6-18(7-5-17)24(29)22-23(20-16-19(32-2)8-9-21(20)33-3)28(26(31)25(22)30)11-10-27-12-14-34-15-13-27/h4-9,16,23,29H,10-15H2,1-3H3/b24-22-. The number of methoxy groups -OCH3 is 2. The van der Waals surface area contributed by atoms with E-state index in [1.54, 1.807) is 37.4 Å². The summed E-state index contributed by atoms with van der Waals surface area (Å²) in [6.45, 7) is 5.65. The summed E-state index contributed by atoms with van der Waals surface area (Å²) in [4.78, 5) is 30.2. The molecular weight excluding hydrogens is 436 g/mol. The Morgan fingerprint density at radius 1 is 1.03 bits per heavy atom. The zero-order valence-electron chi connectivity index (χ0n) is 19.7. The van der Waals surface area contributed by atoms with Gasteiger partial charge in [-0.05, 0) is 25.1 Å². The Balaban J connectivity index is 1.81. The van der Waals surface area contributed by atoms with Crippen molar-refractivity contribution in [2.24, 2.45) is 0 Å². The maximum absolute atomic E-state index is 13.3. The van der Waals surface area contributed by atoms with Crippen molar-refractivity contribution in [3.8, 4) is 11.5 Å². The first-order chi connectivity index (χ1) is 16.4. The van der Waals surface area contributed by atoms with Gasteiger partial charge in [0.1, 0.15) is 17.3 Å². The number of hydrogen-bond donors (Lipinski definition) is 1. The van der Waals surface area contributed by atoms with Crippen LogP contribution in [0.3, 0.4) is 0 Å². The van der Waals surface area contributed by atoms with Gasteiger partial charge in [-0.15, -0.1) is 0 Å². The molecule has 0 aromatic heterocycles. The number of nitrogens with zero attached hydrogens (tertiary/aromatic N) is 2. The van der Waals surface area contributed by atoms with E-state index in [0.29, 0.717) is 48.9 Å². The van der Waals surface area contributed by atoms with Crippen molar-refractivity contribution >= 4 is 17.4 Å². The van der Waals surface area contributed by atoms with Gasteiger partial charge >= 0.3 is 0 Å². The lowest BCUT2D eigenvalue weighted by molar-refractivity contribution is -0.140. The number of morpholine rings is 1. The van der Waals surface area contributed by atoms with Crippen LogP contribution >= 0.6 is 0 Å². The molecule has 2 heterocycles. The van der Waals surface area contributed by atoms with E-state index in [1.165, 1.54) is 12.0 Å². The van der Waals surface area contributed by atoms with Gasteiger partial charge in [0.05, 0.1) is 39.0 Å². The van der Waals surface area contributed by atoms with Crippen molar-refractivity contribution in [1.29, 1.82) is 0 Å². The fourth-order valence-electron chi connectivity index (χ4n) is 4.43. The molecule has 1 atom stereocenters. The van der Waals surface area contributed by atoms with E-state index in [4.69, 9.17) is 14.2 Å². The average Bonchev–Trinajstić information content (AvgIpc) is 3.12. The van der Waals surface area contributed by atoms with E-state index >= 15 is 0 Å². The van der Waals surface area contributed by atoms with Crippen LogP contribution in [0.15, 0.2) is 48.0 Å². The number of carbonyl (C=O) groups excluding carboxylic acids is 2. The normalized spacial score (nSPS) is 20.6. The SMILES string of the molecule is COc1ccc(OC)c(C2/C(=C(/O)c3ccc(C)cc3)C(=O)C(=O)N2CCN2CCOCC2)c1. The Hall–Kier alpha value is -3.36. The topological polar surface area (TPSA) is 88.5 Å². The van der Waals surface area contributed by atoms with Crippen LogP contribution in [-0.4, -0.2) is 80.2 Å². The quantitative estimate of drug-likeness (QED) is 0.381. The van der Waals surface area contributed by atoms with Gasteiger partial charge in [0.15, 0.2) is 0 Å². The van der Waals surface area contributed by atoms with Crippen molar-refractivity contribution < 1.29 is 28.9 Å². The third-order valence-electron chi connectivity index (χ3n) is 6.36. The first-order valence-electron chi connectivity index (χ1n) is 11.3. The van der Waals surface area contributed by atoms with Crippen LogP contribution in [0, 0.1) is 6.92 Å². The number of benzene rings is 2. The molecule has 180 valence electrons. The van der Waals surface area contributed by atoms with Gasteiger partial charge in [0, 0.05) is 37.3 Å². The molecule has 4 rings (SSSR count). The van der Waals surface area contributed by atoms with Gasteiger partial charge in [0.2, 0.25) is 0 Å². The molecular formula is C26H30N2O6. The van der Waals surface area contributed by atoms with Gasteiger partial charge in [-0.1, -0.05) is 29.8 Å². The summed E-state index contributed by atoms with van der Waals surface area (Å²) in [5.41, 5.74) is 2.12. The Morgan fingerprint density at radius 2 is 1.74 bits per heavy atom. The molecule has 8 nitrogen and oxygen atoms in total. The smallest absolute Gasteiger partial charge is 0.295 e. The number of likely N-dealkylation sites (tertiary alicyclic amines) is 1. The molecule has 2 saturated heterocycles. The summed E-state index contributed by atoms with van der Waals surface area (Å²) in [5.74, 6) is -0.502. The van der Waals surface area contributed by atoms with Gasteiger partial charge in [-0.25, -0.2) is 0 Å². The number of ketones is 1. The maximum atomic E-state index is 13.3. The van der Waals surface area contributed by atoms with E-state index < -0.39 is 17.7 Å².